The SMILES string of the molecule is NCCCC[C@H](NC(=O)[C@H](CC(=O)O)NC(=O)[C@H](CC(=O)O)NC(=O)[C@H](CC(=O)O)NC(=O)[C@H](CC(=O)O)NC(=O)[C@H](CCCCN)NC(=O)[C@H](Cc1ccc(O)cc1)NC(=O)[C@H](CC(=O)O)NC(=O)OCC1c2ccccc2-c2ccccc21)C(=O)O. The minimum Gasteiger partial charge on any atom is -0.508 e. The highest BCUT2D eigenvalue weighted by Gasteiger charge is 2.38. The fourth-order valence-corrected chi connectivity index (χ4v) is 9.20. The number of phenolic OH excluding ortho intramolecular Hbond substituents is 1. The standard InChI is InChI=1S/C56H70N10O22/c57-19-7-5-13-35(59-49(79)37(21-28-15-17-29(67)18-16-28)61-54(84)42(26-47(76)77)66-56(87)88-27-34-32-11-3-1-9-30(32)31-10-2-4-12-33(31)34)48(78)62-39(23-44(70)71)51(81)64-41(25-46(74)75)53(83)65-40(24-45(72)73)52(82)63-38(22-43(68)69)50(80)60-36(55(85)86)14-6-8-20-58/h1-4,9-12,15-18,34-42,67H,5-8,13-14,19-27,57-58H2,(H,59,79)(H,60,80)(H,61,84)(H,62,78)(H,63,82)(H,64,81)(H,65,83)(H,66,87)(H,68,69)(H,70,71)(H,72,73)(H,74,75)(H,76,77)(H,85,86)/t35-,36-,37-,38-,39-,40-,41-,42-/m0/s1. The second kappa shape index (κ2) is 34.7. The first-order valence-electron chi connectivity index (χ1n) is 27.5. The number of carboxylic acid groups (broad SMARTS) is 6. The third-order valence-electron chi connectivity index (χ3n) is 13.5. The van der Waals surface area contributed by atoms with Crippen LogP contribution in [0.15, 0.2) is 72.8 Å². The molecule has 0 fully saturated rings. The van der Waals surface area contributed by atoms with Gasteiger partial charge < -0.3 is 94.5 Å². The van der Waals surface area contributed by atoms with Crippen LogP contribution in [0.25, 0.3) is 11.1 Å². The minimum atomic E-state index is -2.32. The van der Waals surface area contributed by atoms with Crippen LogP contribution in [-0.4, -0.2) is 187 Å². The summed E-state index contributed by atoms with van der Waals surface area (Å²) >= 11 is 0. The Bertz CT molecular complexity index is 3010. The number of carbonyl (C=O) groups is 14. The number of alkyl carbamates (subject to hydrolysis) is 1. The van der Waals surface area contributed by atoms with Crippen molar-refractivity contribution in [2.75, 3.05) is 19.7 Å². The first-order chi connectivity index (χ1) is 41.7. The number of nitrogens with one attached hydrogen (secondary N) is 8. The summed E-state index contributed by atoms with van der Waals surface area (Å²) in [6.07, 6.45) is -7.51. The van der Waals surface area contributed by atoms with E-state index in [2.05, 4.69) is 26.6 Å². The third-order valence-corrected chi connectivity index (χ3v) is 13.5. The first kappa shape index (κ1) is 70.2. The van der Waals surface area contributed by atoms with Crippen LogP contribution in [0.5, 0.6) is 5.75 Å². The molecule has 0 spiro atoms. The Morgan fingerprint density at radius 2 is 0.716 bits per heavy atom. The average molecular weight is 1240 g/mol. The number of fused-ring (bicyclic) bond motifs is 3. The van der Waals surface area contributed by atoms with Gasteiger partial charge in [-0.3, -0.25) is 57.5 Å². The molecule has 32 nitrogen and oxygen atoms in total. The van der Waals surface area contributed by atoms with Gasteiger partial charge in [0.15, 0.2) is 0 Å². The molecule has 0 unspecified atom stereocenters. The smallest absolute Gasteiger partial charge is 0.407 e. The number of amides is 8. The molecule has 8 atom stereocenters. The molecule has 88 heavy (non-hydrogen) atoms. The number of rotatable bonds is 38. The van der Waals surface area contributed by atoms with Gasteiger partial charge in [-0.2, -0.15) is 0 Å². The largest absolute Gasteiger partial charge is 0.508 e. The monoisotopic (exact) mass is 1230 g/mol. The van der Waals surface area contributed by atoms with Gasteiger partial charge in [-0.25, -0.2) is 9.59 Å². The number of nitrogens with two attached hydrogens (primary N) is 2. The summed E-state index contributed by atoms with van der Waals surface area (Å²) in [5, 5.41) is 85.0. The molecule has 0 bridgehead atoms. The summed E-state index contributed by atoms with van der Waals surface area (Å²) in [4.78, 5) is 182. The van der Waals surface area contributed by atoms with Gasteiger partial charge in [-0.1, -0.05) is 60.7 Å². The summed E-state index contributed by atoms with van der Waals surface area (Å²) < 4.78 is 5.53. The second-order valence-electron chi connectivity index (χ2n) is 20.2. The predicted molar refractivity (Wildman–Crippen MR) is 302 cm³/mol. The third kappa shape index (κ3) is 22.6. The molecule has 3 aromatic carbocycles. The Labute approximate surface area is 500 Å². The fourth-order valence-electron chi connectivity index (χ4n) is 9.20. The summed E-state index contributed by atoms with van der Waals surface area (Å²) in [6.45, 7) is -0.0137. The number of aromatic hydroxyl groups is 1. The van der Waals surface area contributed by atoms with Gasteiger partial charge in [0.25, 0.3) is 0 Å². The Morgan fingerprint density at radius 3 is 1.09 bits per heavy atom. The van der Waals surface area contributed by atoms with Gasteiger partial charge in [0.2, 0.25) is 41.4 Å². The van der Waals surface area contributed by atoms with Crippen LogP contribution in [0.2, 0.25) is 0 Å². The Kier molecular flexibility index (Phi) is 27.7. The number of aliphatic carboxylic acids is 6. The maximum atomic E-state index is 14.4. The van der Waals surface area contributed by atoms with Crippen molar-refractivity contribution in [1.82, 2.24) is 42.5 Å². The van der Waals surface area contributed by atoms with Gasteiger partial charge in [0.1, 0.15) is 60.7 Å². The normalized spacial score (nSPS) is 14.1. The van der Waals surface area contributed by atoms with Crippen molar-refractivity contribution >= 4 is 83.3 Å². The van der Waals surface area contributed by atoms with E-state index in [-0.39, 0.29) is 63.1 Å². The van der Waals surface area contributed by atoms with Crippen LogP contribution in [0.3, 0.4) is 0 Å². The van der Waals surface area contributed by atoms with Crippen molar-refractivity contribution in [3.63, 3.8) is 0 Å². The number of carbonyl (C=O) groups excluding carboxylic acids is 8. The van der Waals surface area contributed by atoms with Crippen molar-refractivity contribution in [3.05, 3.63) is 89.5 Å². The Balaban J connectivity index is 1.56. The summed E-state index contributed by atoms with van der Waals surface area (Å²) in [5.41, 5.74) is 14.9. The lowest BCUT2D eigenvalue weighted by atomic mass is 9.98. The molecule has 0 saturated carbocycles. The molecule has 1 aliphatic rings. The number of benzene rings is 3. The van der Waals surface area contributed by atoms with E-state index >= 15 is 0 Å². The Morgan fingerprint density at radius 1 is 0.398 bits per heavy atom. The molecule has 32 heteroatoms. The van der Waals surface area contributed by atoms with Crippen LogP contribution in [0.1, 0.15) is 93.2 Å². The van der Waals surface area contributed by atoms with E-state index in [4.69, 9.17) is 16.2 Å². The lowest BCUT2D eigenvalue weighted by molar-refractivity contribution is -0.145. The van der Waals surface area contributed by atoms with Crippen molar-refractivity contribution < 1.29 is 108 Å². The van der Waals surface area contributed by atoms with Gasteiger partial charge in [0, 0.05) is 12.3 Å². The maximum Gasteiger partial charge on any atom is 0.407 e. The molecule has 1 aliphatic carbocycles. The van der Waals surface area contributed by atoms with E-state index in [1.165, 1.54) is 24.3 Å². The topological polar surface area (TPSA) is 538 Å². The van der Waals surface area contributed by atoms with Gasteiger partial charge in [0.05, 0.1) is 32.1 Å². The zero-order valence-electron chi connectivity index (χ0n) is 47.1. The van der Waals surface area contributed by atoms with E-state index in [0.29, 0.717) is 6.42 Å². The zero-order valence-corrected chi connectivity index (χ0v) is 47.1. The molecule has 0 saturated heterocycles. The number of phenols is 1. The highest BCUT2D eigenvalue weighted by atomic mass is 16.5. The number of hydrogen-bond donors (Lipinski definition) is 17. The van der Waals surface area contributed by atoms with E-state index in [1.54, 1.807) is 12.1 Å². The lowest BCUT2D eigenvalue weighted by Crippen LogP contribution is -2.61. The first-order valence-corrected chi connectivity index (χ1v) is 27.5. The van der Waals surface area contributed by atoms with E-state index in [9.17, 15) is 103 Å². The van der Waals surface area contributed by atoms with E-state index in [0.717, 1.165) is 22.3 Å². The number of unbranched alkanes of at least 4 members (excludes halogenated alkanes) is 2. The molecule has 19 N–H and O–H groups in total. The molecule has 0 heterocycles. The summed E-state index contributed by atoms with van der Waals surface area (Å²) in [7, 11) is 0. The number of carboxylic acids is 6. The van der Waals surface area contributed by atoms with Gasteiger partial charge in [-0.05, 0) is 91.6 Å². The quantitative estimate of drug-likeness (QED) is 0.0275. The van der Waals surface area contributed by atoms with Crippen molar-refractivity contribution in [2.45, 2.75) is 131 Å². The highest BCUT2D eigenvalue weighted by molar-refractivity contribution is 6.00. The molecule has 0 aromatic heterocycles. The van der Waals surface area contributed by atoms with Gasteiger partial charge in [-0.15, -0.1) is 0 Å². The average Bonchev–Trinajstić information content (AvgIpc) is 1.69. The molecule has 8 amide bonds. The van der Waals surface area contributed by atoms with Crippen molar-refractivity contribution in [3.8, 4) is 16.9 Å². The molecular weight excluding hydrogens is 1160 g/mol. The molecule has 0 radical (unpaired) electrons. The van der Waals surface area contributed by atoms with Crippen LogP contribution >= 0.6 is 0 Å². The lowest BCUT2D eigenvalue weighted by Gasteiger charge is -2.27. The number of ether oxygens (including phenoxy) is 1. The second-order valence-corrected chi connectivity index (χ2v) is 20.2. The van der Waals surface area contributed by atoms with E-state index in [1.807, 2.05) is 52.3 Å². The molecule has 0 aliphatic heterocycles. The fraction of sp³-hybridized carbons (Fsp3) is 0.429. The van der Waals surface area contributed by atoms with Crippen molar-refractivity contribution in [2.24, 2.45) is 11.5 Å². The van der Waals surface area contributed by atoms with Crippen LogP contribution < -0.4 is 54.0 Å². The minimum absolute atomic E-state index is 0.0525. The zero-order chi connectivity index (χ0) is 65.2. The maximum absolute atomic E-state index is 14.4. The summed E-state index contributed by atoms with van der Waals surface area (Å²) in [6, 6.07) is 4.12. The van der Waals surface area contributed by atoms with Crippen LogP contribution in [-0.2, 0) is 73.5 Å². The predicted octanol–water partition coefficient (Wildman–Crippen LogP) is -2.05. The molecule has 3 aromatic rings. The van der Waals surface area contributed by atoms with Crippen LogP contribution in [0.4, 0.5) is 4.79 Å². The van der Waals surface area contributed by atoms with E-state index < -0.39 is 176 Å². The van der Waals surface area contributed by atoms with Crippen molar-refractivity contribution in [1.29, 1.82) is 0 Å². The Hall–Kier alpha value is -10.2. The molecule has 4 rings (SSSR count). The molecular formula is C56H70N10O22. The highest BCUT2D eigenvalue weighted by Crippen LogP contribution is 2.44. The van der Waals surface area contributed by atoms with Gasteiger partial charge >= 0.3 is 41.9 Å². The van der Waals surface area contributed by atoms with Crippen LogP contribution in [0, 0.1) is 0 Å². The number of hydrogen-bond acceptors (Lipinski definition) is 18. The molecule has 476 valence electrons. The summed E-state index contributed by atoms with van der Waals surface area (Å²) in [5.74, 6) is -20.6.